The van der Waals surface area contributed by atoms with Gasteiger partial charge in [0.05, 0.1) is 8.07 Å². The summed E-state index contributed by atoms with van der Waals surface area (Å²) in [6.07, 6.45) is 0. The molecule has 4 heteroatoms. The van der Waals surface area contributed by atoms with Crippen LogP contribution >= 0.6 is 0 Å². The van der Waals surface area contributed by atoms with Crippen LogP contribution in [0.3, 0.4) is 0 Å². The molecule has 0 unspecified atom stereocenters. The standard InChI is InChI=1S/C11H18N2OSi/c1-13(2)9-6-7-10(12-14)11(8-9)15(3,4)5/h6-8H,1-5H3. The van der Waals surface area contributed by atoms with Gasteiger partial charge in [-0.1, -0.05) is 19.6 Å². The molecule has 0 saturated heterocycles. The first-order valence-electron chi connectivity index (χ1n) is 5.01. The summed E-state index contributed by atoms with van der Waals surface area (Å²) in [6, 6.07) is 5.83. The highest BCUT2D eigenvalue weighted by molar-refractivity contribution is 6.89. The van der Waals surface area contributed by atoms with Crippen LogP contribution in [0, 0.1) is 4.91 Å². The zero-order valence-electron chi connectivity index (χ0n) is 10.0. The van der Waals surface area contributed by atoms with Crippen LogP contribution in [0.1, 0.15) is 0 Å². The molecule has 0 amide bonds. The monoisotopic (exact) mass is 222 g/mol. The summed E-state index contributed by atoms with van der Waals surface area (Å²) in [4.78, 5) is 12.8. The van der Waals surface area contributed by atoms with Crippen LogP contribution in [-0.2, 0) is 0 Å². The van der Waals surface area contributed by atoms with E-state index < -0.39 is 8.07 Å². The SMILES string of the molecule is CN(C)c1ccc(N=O)c([Si](C)(C)C)c1. The van der Waals surface area contributed by atoms with E-state index in [0.29, 0.717) is 5.69 Å². The molecule has 0 saturated carbocycles. The number of nitroso groups, excluding NO2 is 1. The van der Waals surface area contributed by atoms with Gasteiger partial charge in [-0.05, 0) is 28.6 Å². The quantitative estimate of drug-likeness (QED) is 0.582. The molecule has 0 heterocycles. The molecule has 0 spiro atoms. The Morgan fingerprint density at radius 1 is 1.20 bits per heavy atom. The van der Waals surface area contributed by atoms with Gasteiger partial charge in [0.25, 0.3) is 0 Å². The highest BCUT2D eigenvalue weighted by atomic mass is 28.3. The lowest BCUT2D eigenvalue weighted by Gasteiger charge is -2.21. The van der Waals surface area contributed by atoms with Crippen molar-refractivity contribution in [2.24, 2.45) is 5.18 Å². The fourth-order valence-electron chi connectivity index (χ4n) is 1.48. The van der Waals surface area contributed by atoms with E-state index >= 15 is 0 Å². The van der Waals surface area contributed by atoms with Crippen LogP contribution in [0.2, 0.25) is 19.6 Å². The molecular weight excluding hydrogens is 204 g/mol. The Morgan fingerprint density at radius 3 is 2.20 bits per heavy atom. The van der Waals surface area contributed by atoms with Crippen molar-refractivity contribution >= 4 is 24.6 Å². The molecule has 1 aromatic carbocycles. The molecular formula is C11H18N2OSi. The van der Waals surface area contributed by atoms with Crippen LogP contribution in [0.5, 0.6) is 0 Å². The van der Waals surface area contributed by atoms with E-state index in [9.17, 15) is 4.91 Å². The minimum atomic E-state index is -1.50. The van der Waals surface area contributed by atoms with Crippen LogP contribution < -0.4 is 10.1 Å². The largest absolute Gasteiger partial charge is 0.378 e. The van der Waals surface area contributed by atoms with Crippen LogP contribution in [-0.4, -0.2) is 22.2 Å². The third-order valence-corrected chi connectivity index (χ3v) is 4.42. The van der Waals surface area contributed by atoms with Crippen LogP contribution in [0.15, 0.2) is 23.4 Å². The Hall–Kier alpha value is -1.16. The third kappa shape index (κ3) is 2.65. The lowest BCUT2D eigenvalue weighted by molar-refractivity contribution is 1.13. The van der Waals surface area contributed by atoms with Crippen LogP contribution in [0.4, 0.5) is 11.4 Å². The second kappa shape index (κ2) is 4.14. The second-order valence-electron chi connectivity index (χ2n) is 4.94. The molecule has 0 atom stereocenters. The van der Waals surface area contributed by atoms with E-state index in [0.717, 1.165) is 10.9 Å². The summed E-state index contributed by atoms with van der Waals surface area (Å²) in [5.41, 5.74) is 1.72. The van der Waals surface area contributed by atoms with Gasteiger partial charge in [-0.2, -0.15) is 0 Å². The van der Waals surface area contributed by atoms with E-state index in [4.69, 9.17) is 0 Å². The summed E-state index contributed by atoms with van der Waals surface area (Å²) in [6.45, 7) is 6.66. The number of rotatable bonds is 3. The van der Waals surface area contributed by atoms with Crippen molar-refractivity contribution in [3.63, 3.8) is 0 Å². The van der Waals surface area contributed by atoms with Gasteiger partial charge in [0.15, 0.2) is 0 Å². The molecule has 3 nitrogen and oxygen atoms in total. The summed E-state index contributed by atoms with van der Waals surface area (Å²) < 4.78 is 0. The molecule has 0 radical (unpaired) electrons. The van der Waals surface area contributed by atoms with Gasteiger partial charge >= 0.3 is 0 Å². The molecule has 0 aliphatic rings. The number of hydrogen-bond donors (Lipinski definition) is 0. The number of benzene rings is 1. The molecule has 0 bridgehead atoms. The first-order valence-corrected chi connectivity index (χ1v) is 8.51. The fraction of sp³-hybridized carbons (Fsp3) is 0.455. The molecule has 1 aromatic rings. The van der Waals surface area contributed by atoms with Crippen molar-refractivity contribution in [3.05, 3.63) is 23.1 Å². The van der Waals surface area contributed by atoms with Gasteiger partial charge in [0.2, 0.25) is 0 Å². The highest BCUT2D eigenvalue weighted by Gasteiger charge is 2.21. The zero-order chi connectivity index (χ0) is 11.6. The summed E-state index contributed by atoms with van der Waals surface area (Å²) in [5, 5.41) is 4.23. The zero-order valence-corrected chi connectivity index (χ0v) is 11.0. The molecule has 1 rings (SSSR count). The topological polar surface area (TPSA) is 32.7 Å². The molecule has 82 valence electrons. The number of nitrogens with zero attached hydrogens (tertiary/aromatic N) is 2. The minimum Gasteiger partial charge on any atom is -0.378 e. The molecule has 0 N–H and O–H groups in total. The van der Waals surface area contributed by atoms with Gasteiger partial charge in [0.1, 0.15) is 5.69 Å². The molecule has 0 fully saturated rings. The fourth-order valence-corrected chi connectivity index (χ4v) is 2.96. The lowest BCUT2D eigenvalue weighted by Crippen LogP contribution is -2.38. The summed E-state index contributed by atoms with van der Waals surface area (Å²) in [5.74, 6) is 0. The normalized spacial score (nSPS) is 11.3. The Balaban J connectivity index is 3.32. The lowest BCUT2D eigenvalue weighted by atomic mass is 10.2. The van der Waals surface area contributed by atoms with Crippen molar-refractivity contribution < 1.29 is 0 Å². The molecule has 0 aliphatic heterocycles. The van der Waals surface area contributed by atoms with E-state index in [1.165, 1.54) is 0 Å². The number of anilines is 1. The minimum absolute atomic E-state index is 0.597. The van der Waals surface area contributed by atoms with Crippen molar-refractivity contribution in [2.75, 3.05) is 19.0 Å². The van der Waals surface area contributed by atoms with Crippen molar-refractivity contribution in [1.29, 1.82) is 0 Å². The van der Waals surface area contributed by atoms with E-state index in [1.807, 2.05) is 31.1 Å². The maximum atomic E-state index is 10.7. The Morgan fingerprint density at radius 2 is 1.80 bits per heavy atom. The smallest absolute Gasteiger partial charge is 0.107 e. The van der Waals surface area contributed by atoms with E-state index in [-0.39, 0.29) is 0 Å². The van der Waals surface area contributed by atoms with Gasteiger partial charge in [-0.15, -0.1) is 4.91 Å². The Labute approximate surface area is 92.1 Å². The van der Waals surface area contributed by atoms with Gasteiger partial charge in [-0.3, -0.25) is 0 Å². The molecule has 15 heavy (non-hydrogen) atoms. The summed E-state index contributed by atoms with van der Waals surface area (Å²) in [7, 11) is 2.50. The molecule has 0 aliphatic carbocycles. The number of hydrogen-bond acceptors (Lipinski definition) is 3. The average Bonchev–Trinajstić information content (AvgIpc) is 2.15. The Kier molecular flexibility index (Phi) is 3.29. The third-order valence-electron chi connectivity index (χ3n) is 2.40. The second-order valence-corrected chi connectivity index (χ2v) is 9.98. The van der Waals surface area contributed by atoms with Gasteiger partial charge in [0, 0.05) is 19.8 Å². The predicted molar refractivity (Wildman–Crippen MR) is 69.2 cm³/mol. The summed E-state index contributed by atoms with van der Waals surface area (Å²) >= 11 is 0. The van der Waals surface area contributed by atoms with Gasteiger partial charge < -0.3 is 4.90 Å². The van der Waals surface area contributed by atoms with E-state index in [2.05, 4.69) is 30.9 Å². The van der Waals surface area contributed by atoms with Crippen LogP contribution in [0.25, 0.3) is 0 Å². The van der Waals surface area contributed by atoms with E-state index in [1.54, 1.807) is 0 Å². The highest BCUT2D eigenvalue weighted by Crippen LogP contribution is 2.20. The van der Waals surface area contributed by atoms with Crippen molar-refractivity contribution in [2.45, 2.75) is 19.6 Å². The van der Waals surface area contributed by atoms with Gasteiger partial charge in [-0.25, -0.2) is 0 Å². The first-order chi connectivity index (χ1) is 6.86. The van der Waals surface area contributed by atoms with Crippen molar-refractivity contribution in [1.82, 2.24) is 0 Å². The molecule has 0 aromatic heterocycles. The average molecular weight is 222 g/mol. The Bertz CT molecular complexity index is 369. The first kappa shape index (κ1) is 11.9. The maximum Gasteiger partial charge on any atom is 0.107 e. The predicted octanol–water partition coefficient (Wildman–Crippen LogP) is 2.70. The maximum absolute atomic E-state index is 10.7. The van der Waals surface area contributed by atoms with Crippen molar-refractivity contribution in [3.8, 4) is 0 Å².